The van der Waals surface area contributed by atoms with Crippen molar-refractivity contribution in [1.29, 1.82) is 0 Å². The van der Waals surface area contributed by atoms with Crippen LogP contribution in [0.1, 0.15) is 0 Å². The van der Waals surface area contributed by atoms with Crippen LogP contribution >= 0.6 is 0 Å². The second-order valence-electron chi connectivity index (χ2n) is 12.9. The summed E-state index contributed by atoms with van der Waals surface area (Å²) in [4.78, 5) is 16.1. The number of rotatable bonds is 4. The van der Waals surface area contributed by atoms with Gasteiger partial charge in [-0.3, -0.25) is 0 Å². The van der Waals surface area contributed by atoms with E-state index in [4.69, 9.17) is 15.0 Å². The third-order valence-electron chi connectivity index (χ3n) is 9.76. The van der Waals surface area contributed by atoms with Crippen LogP contribution in [0.25, 0.3) is 99.2 Å². The number of para-hydroxylation sites is 1. The van der Waals surface area contributed by atoms with Gasteiger partial charge in [-0.25, -0.2) is 15.0 Å². The minimum Gasteiger partial charge on any atom is -0.247 e. The lowest BCUT2D eigenvalue weighted by Crippen LogP contribution is -1.95. The Balaban J connectivity index is 1.23. The summed E-state index contributed by atoms with van der Waals surface area (Å²) in [5.41, 5.74) is 12.3. The van der Waals surface area contributed by atoms with Gasteiger partial charge in [-0.1, -0.05) is 133 Å². The standard InChI is InChI=1S/C47H29N3/c1-3-11-30(12-4-1)37-26-38(31-13-5-2-6-14-31)28-39(27-37)44-41-29-36-22-20-33-23-24-42(35-21-19-32-15-7-8-16-34(32)25-35)48-45(33)46(36)50-47(41)40-17-9-10-18-43(40)49-44/h1-29H. The van der Waals surface area contributed by atoms with Crippen LogP contribution in [0.4, 0.5) is 0 Å². The highest BCUT2D eigenvalue weighted by molar-refractivity contribution is 6.15. The summed E-state index contributed by atoms with van der Waals surface area (Å²) in [6.07, 6.45) is 0. The van der Waals surface area contributed by atoms with Crippen molar-refractivity contribution in [2.24, 2.45) is 0 Å². The van der Waals surface area contributed by atoms with E-state index < -0.39 is 0 Å². The highest BCUT2D eigenvalue weighted by atomic mass is 14.8. The molecule has 0 radical (unpaired) electrons. The van der Waals surface area contributed by atoms with Crippen molar-refractivity contribution in [2.45, 2.75) is 0 Å². The normalized spacial score (nSPS) is 11.6. The molecule has 0 spiro atoms. The predicted octanol–water partition coefficient (Wildman–Crippen LogP) is 12.3. The van der Waals surface area contributed by atoms with E-state index in [0.717, 1.165) is 77.3 Å². The molecule has 232 valence electrons. The topological polar surface area (TPSA) is 38.7 Å². The Morgan fingerprint density at radius 2 is 0.880 bits per heavy atom. The smallest absolute Gasteiger partial charge is 0.0972 e. The largest absolute Gasteiger partial charge is 0.247 e. The van der Waals surface area contributed by atoms with Gasteiger partial charge < -0.3 is 0 Å². The number of hydrogen-bond donors (Lipinski definition) is 0. The molecule has 7 aromatic carbocycles. The fourth-order valence-corrected chi connectivity index (χ4v) is 7.25. The van der Waals surface area contributed by atoms with Crippen molar-refractivity contribution in [1.82, 2.24) is 15.0 Å². The minimum absolute atomic E-state index is 0.892. The molecule has 50 heavy (non-hydrogen) atoms. The molecule has 0 saturated heterocycles. The number of hydrogen-bond acceptors (Lipinski definition) is 3. The lowest BCUT2D eigenvalue weighted by atomic mass is 9.93. The van der Waals surface area contributed by atoms with Crippen LogP contribution in [0.15, 0.2) is 176 Å². The number of nitrogens with zero attached hydrogens (tertiary/aromatic N) is 3. The monoisotopic (exact) mass is 635 g/mol. The molecule has 0 atom stereocenters. The van der Waals surface area contributed by atoms with Crippen molar-refractivity contribution >= 4 is 54.4 Å². The van der Waals surface area contributed by atoms with Crippen molar-refractivity contribution < 1.29 is 0 Å². The minimum atomic E-state index is 0.892. The van der Waals surface area contributed by atoms with E-state index in [1.54, 1.807) is 0 Å². The van der Waals surface area contributed by atoms with Crippen molar-refractivity contribution in [2.75, 3.05) is 0 Å². The first-order valence-corrected chi connectivity index (χ1v) is 16.9. The second kappa shape index (κ2) is 11.5. The predicted molar refractivity (Wildman–Crippen MR) is 209 cm³/mol. The van der Waals surface area contributed by atoms with E-state index in [2.05, 4.69) is 176 Å². The van der Waals surface area contributed by atoms with Crippen LogP contribution in [0.2, 0.25) is 0 Å². The number of fused-ring (bicyclic) bond motifs is 7. The second-order valence-corrected chi connectivity index (χ2v) is 12.9. The molecule has 0 aliphatic heterocycles. The van der Waals surface area contributed by atoms with Gasteiger partial charge in [-0.05, 0) is 75.5 Å². The molecule has 10 rings (SSSR count). The van der Waals surface area contributed by atoms with Gasteiger partial charge in [0.05, 0.1) is 33.5 Å². The molecule has 0 N–H and O–H groups in total. The van der Waals surface area contributed by atoms with E-state index in [9.17, 15) is 0 Å². The first-order valence-electron chi connectivity index (χ1n) is 16.9. The van der Waals surface area contributed by atoms with Gasteiger partial charge in [0.1, 0.15) is 0 Å². The van der Waals surface area contributed by atoms with Gasteiger partial charge in [0, 0.05) is 32.7 Å². The molecular formula is C47H29N3. The Bertz CT molecular complexity index is 2860. The van der Waals surface area contributed by atoms with Crippen molar-refractivity contribution in [3.63, 3.8) is 0 Å². The van der Waals surface area contributed by atoms with Gasteiger partial charge in [-0.2, -0.15) is 0 Å². The van der Waals surface area contributed by atoms with Gasteiger partial charge in [-0.15, -0.1) is 0 Å². The summed E-state index contributed by atoms with van der Waals surface area (Å²) in [5, 5.41) is 6.57. The van der Waals surface area contributed by atoms with E-state index in [1.165, 1.54) is 21.9 Å². The molecule has 0 fully saturated rings. The van der Waals surface area contributed by atoms with E-state index in [0.29, 0.717) is 0 Å². The van der Waals surface area contributed by atoms with Gasteiger partial charge in [0.2, 0.25) is 0 Å². The Labute approximate surface area is 289 Å². The van der Waals surface area contributed by atoms with E-state index in [1.807, 2.05) is 0 Å². The summed E-state index contributed by atoms with van der Waals surface area (Å²) in [6.45, 7) is 0. The SMILES string of the molecule is c1ccc(-c2cc(-c3ccccc3)cc(-c3nc4ccccc4c4nc5c(ccc6ccc(-c7ccc8ccccc8c7)nc65)cc34)c2)cc1. The highest BCUT2D eigenvalue weighted by Crippen LogP contribution is 2.39. The Hall–Kier alpha value is -6.71. The van der Waals surface area contributed by atoms with Crippen LogP contribution in [-0.2, 0) is 0 Å². The summed E-state index contributed by atoms with van der Waals surface area (Å²) >= 11 is 0. The molecule has 0 aliphatic rings. The molecule has 0 saturated carbocycles. The van der Waals surface area contributed by atoms with Crippen LogP contribution < -0.4 is 0 Å². The first-order chi connectivity index (χ1) is 24.7. The fourth-order valence-electron chi connectivity index (χ4n) is 7.25. The van der Waals surface area contributed by atoms with E-state index in [-0.39, 0.29) is 0 Å². The maximum atomic E-state index is 5.46. The fraction of sp³-hybridized carbons (Fsp3) is 0. The lowest BCUT2D eigenvalue weighted by Gasteiger charge is -2.15. The Kier molecular flexibility index (Phi) is 6.49. The molecule has 3 heteroatoms. The quantitative estimate of drug-likeness (QED) is 0.143. The maximum absolute atomic E-state index is 5.46. The van der Waals surface area contributed by atoms with Gasteiger partial charge in [0.25, 0.3) is 0 Å². The number of pyridine rings is 3. The first kappa shape index (κ1) is 28.3. The zero-order valence-electron chi connectivity index (χ0n) is 27.1. The summed E-state index contributed by atoms with van der Waals surface area (Å²) in [6, 6.07) is 62.1. The average molecular weight is 636 g/mol. The number of benzene rings is 7. The Morgan fingerprint density at radius 1 is 0.280 bits per heavy atom. The molecular weight excluding hydrogens is 607 g/mol. The molecule has 3 heterocycles. The molecule has 3 nitrogen and oxygen atoms in total. The third kappa shape index (κ3) is 4.79. The van der Waals surface area contributed by atoms with Gasteiger partial charge >= 0.3 is 0 Å². The highest BCUT2D eigenvalue weighted by Gasteiger charge is 2.17. The van der Waals surface area contributed by atoms with Crippen LogP contribution in [0.5, 0.6) is 0 Å². The van der Waals surface area contributed by atoms with Crippen molar-refractivity contribution in [3.8, 4) is 44.8 Å². The number of aromatic nitrogens is 3. The Morgan fingerprint density at radius 3 is 1.66 bits per heavy atom. The van der Waals surface area contributed by atoms with Crippen molar-refractivity contribution in [3.05, 3.63) is 176 Å². The van der Waals surface area contributed by atoms with Gasteiger partial charge in [0.15, 0.2) is 0 Å². The summed E-state index contributed by atoms with van der Waals surface area (Å²) in [7, 11) is 0. The molecule has 0 bridgehead atoms. The summed E-state index contributed by atoms with van der Waals surface area (Å²) < 4.78 is 0. The van der Waals surface area contributed by atoms with Crippen LogP contribution in [0, 0.1) is 0 Å². The molecule has 0 amide bonds. The zero-order chi connectivity index (χ0) is 33.0. The lowest BCUT2D eigenvalue weighted by molar-refractivity contribution is 1.39. The molecule has 0 unspecified atom stereocenters. The third-order valence-corrected chi connectivity index (χ3v) is 9.76. The summed E-state index contributed by atoms with van der Waals surface area (Å²) in [5.74, 6) is 0. The average Bonchev–Trinajstić information content (AvgIpc) is 3.20. The van der Waals surface area contributed by atoms with E-state index >= 15 is 0 Å². The van der Waals surface area contributed by atoms with Crippen LogP contribution in [0.3, 0.4) is 0 Å². The maximum Gasteiger partial charge on any atom is 0.0972 e. The van der Waals surface area contributed by atoms with Crippen LogP contribution in [-0.4, -0.2) is 15.0 Å². The zero-order valence-corrected chi connectivity index (χ0v) is 27.1. The molecule has 10 aromatic rings. The molecule has 0 aliphatic carbocycles. The molecule has 3 aromatic heterocycles.